The van der Waals surface area contributed by atoms with E-state index in [1.165, 1.54) is 19.1 Å². The molecule has 6 nitrogen and oxygen atoms in total. The lowest BCUT2D eigenvalue weighted by Gasteiger charge is -2.47. The molecule has 0 aromatic carbocycles. The Hall–Kier alpha value is -0.790. The van der Waals surface area contributed by atoms with Crippen molar-refractivity contribution < 1.29 is 13.9 Å². The number of amides is 1. The minimum atomic E-state index is -0.0829. The Morgan fingerprint density at radius 2 is 1.96 bits per heavy atom. The minimum Gasteiger partial charge on any atom is -0.467 e. The minimum absolute atomic E-state index is 0. The molecule has 8 heteroatoms. The van der Waals surface area contributed by atoms with Crippen molar-refractivity contribution in [1.82, 2.24) is 10.2 Å². The zero-order valence-corrected chi connectivity index (χ0v) is 16.3. The highest BCUT2D eigenvalue weighted by molar-refractivity contribution is 5.94. The fourth-order valence-electron chi connectivity index (χ4n) is 4.04. The van der Waals surface area contributed by atoms with Crippen LogP contribution in [0.1, 0.15) is 48.7 Å². The van der Waals surface area contributed by atoms with Gasteiger partial charge in [-0.3, -0.25) is 9.69 Å². The second kappa shape index (κ2) is 9.78. The summed E-state index contributed by atoms with van der Waals surface area (Å²) >= 11 is 0. The number of nitrogens with two attached hydrogens (primary N) is 1. The molecule has 0 bridgehead atoms. The molecule has 25 heavy (non-hydrogen) atoms. The van der Waals surface area contributed by atoms with Gasteiger partial charge in [0.1, 0.15) is 12.0 Å². The lowest BCUT2D eigenvalue weighted by Crippen LogP contribution is -2.62. The molecule has 144 valence electrons. The van der Waals surface area contributed by atoms with Gasteiger partial charge in [0, 0.05) is 24.7 Å². The molecule has 0 radical (unpaired) electrons. The summed E-state index contributed by atoms with van der Waals surface area (Å²) < 4.78 is 10.8. The molecule has 1 aliphatic heterocycles. The van der Waals surface area contributed by atoms with Gasteiger partial charge in [0.25, 0.3) is 5.91 Å². The number of ether oxygens (including phenoxy) is 1. The van der Waals surface area contributed by atoms with Crippen LogP contribution in [0.4, 0.5) is 0 Å². The van der Waals surface area contributed by atoms with E-state index >= 15 is 0 Å². The Bertz CT molecular complexity index is 541. The molecule has 3 rings (SSSR count). The lowest BCUT2D eigenvalue weighted by atomic mass is 9.86. The number of rotatable bonds is 5. The van der Waals surface area contributed by atoms with Crippen molar-refractivity contribution in [2.75, 3.05) is 26.3 Å². The number of halogens is 2. The summed E-state index contributed by atoms with van der Waals surface area (Å²) in [6, 6.07) is 1.81. The van der Waals surface area contributed by atoms with Gasteiger partial charge in [0.2, 0.25) is 0 Å². The first-order valence-electron chi connectivity index (χ1n) is 8.57. The van der Waals surface area contributed by atoms with E-state index in [9.17, 15) is 4.79 Å². The summed E-state index contributed by atoms with van der Waals surface area (Å²) in [7, 11) is 0. The molecule has 1 atom stereocenters. The molecule has 1 saturated heterocycles. The fraction of sp³-hybridized carbons (Fsp3) is 0.706. The van der Waals surface area contributed by atoms with E-state index in [2.05, 4.69) is 17.1 Å². The fourth-order valence-corrected chi connectivity index (χ4v) is 4.04. The van der Waals surface area contributed by atoms with E-state index in [1.54, 1.807) is 6.07 Å². The normalized spacial score (nSPS) is 21.0. The van der Waals surface area contributed by atoms with E-state index in [-0.39, 0.29) is 42.3 Å². The lowest BCUT2D eigenvalue weighted by molar-refractivity contribution is -0.0323. The van der Waals surface area contributed by atoms with E-state index in [1.807, 2.05) is 0 Å². The Balaban J connectivity index is 0.00000156. The molecule has 1 unspecified atom stereocenters. The molecular weight excluding hydrogens is 365 g/mol. The number of nitrogens with one attached hydrogen (secondary N) is 1. The number of hydrogen-bond acceptors (Lipinski definition) is 5. The van der Waals surface area contributed by atoms with Crippen LogP contribution in [0.2, 0.25) is 0 Å². The van der Waals surface area contributed by atoms with Gasteiger partial charge in [-0.1, -0.05) is 12.8 Å². The topological polar surface area (TPSA) is 80.7 Å². The van der Waals surface area contributed by atoms with Crippen molar-refractivity contribution >= 4 is 30.7 Å². The van der Waals surface area contributed by atoms with Gasteiger partial charge in [-0.2, -0.15) is 0 Å². The first-order valence-corrected chi connectivity index (χ1v) is 8.57. The van der Waals surface area contributed by atoms with Crippen LogP contribution in [-0.4, -0.2) is 48.7 Å². The van der Waals surface area contributed by atoms with Crippen molar-refractivity contribution in [1.29, 1.82) is 0 Å². The molecule has 2 heterocycles. The molecule has 2 fully saturated rings. The van der Waals surface area contributed by atoms with Crippen molar-refractivity contribution in [3.8, 4) is 0 Å². The molecule has 1 aliphatic carbocycles. The predicted octanol–water partition coefficient (Wildman–Crippen LogP) is 2.35. The Morgan fingerprint density at radius 3 is 2.52 bits per heavy atom. The maximum absolute atomic E-state index is 12.5. The van der Waals surface area contributed by atoms with Gasteiger partial charge in [-0.15, -0.1) is 24.8 Å². The van der Waals surface area contributed by atoms with Gasteiger partial charge in [-0.05, 0) is 25.8 Å². The van der Waals surface area contributed by atoms with Crippen molar-refractivity contribution in [2.45, 2.75) is 50.7 Å². The summed E-state index contributed by atoms with van der Waals surface area (Å²) in [5.41, 5.74) is 6.14. The van der Waals surface area contributed by atoms with Crippen molar-refractivity contribution in [3.63, 3.8) is 0 Å². The third-order valence-corrected chi connectivity index (χ3v) is 5.38. The molecule has 1 aromatic heterocycles. The van der Waals surface area contributed by atoms with Crippen LogP contribution in [-0.2, 0) is 11.3 Å². The number of nitrogens with zero attached hydrogens (tertiary/aromatic N) is 1. The van der Waals surface area contributed by atoms with E-state index < -0.39 is 0 Å². The summed E-state index contributed by atoms with van der Waals surface area (Å²) in [5, 5.41) is 3.19. The third-order valence-electron chi connectivity index (χ3n) is 5.38. The molecular formula is C17H29Cl2N3O3. The second-order valence-corrected chi connectivity index (χ2v) is 6.61. The van der Waals surface area contributed by atoms with Gasteiger partial charge >= 0.3 is 0 Å². The van der Waals surface area contributed by atoms with Crippen molar-refractivity contribution in [2.24, 2.45) is 5.73 Å². The number of furan rings is 1. The smallest absolute Gasteiger partial charge is 0.254 e. The van der Waals surface area contributed by atoms with Gasteiger partial charge in [0.15, 0.2) is 0 Å². The Kier molecular flexibility index (Phi) is 8.71. The number of hydrogen-bond donors (Lipinski definition) is 2. The standard InChI is InChI=1S/C17H27N3O3.2ClH/c1-13(19-16(21)14-10-15(11-18)23-12-14)17(4-2-3-5-17)20-6-8-22-9-7-20;;/h10,12-13H,2-9,11,18H2,1H3,(H,19,21);2*1H. The van der Waals surface area contributed by atoms with E-state index in [4.69, 9.17) is 14.9 Å². The second-order valence-electron chi connectivity index (χ2n) is 6.61. The van der Waals surface area contributed by atoms with Gasteiger partial charge in [0.05, 0.1) is 25.3 Å². The van der Waals surface area contributed by atoms with Gasteiger partial charge < -0.3 is 20.2 Å². The zero-order valence-electron chi connectivity index (χ0n) is 14.7. The zero-order chi connectivity index (χ0) is 16.3. The van der Waals surface area contributed by atoms with Crippen LogP contribution in [0, 0.1) is 0 Å². The van der Waals surface area contributed by atoms with E-state index in [0.29, 0.717) is 17.9 Å². The molecule has 2 aliphatic rings. The van der Waals surface area contributed by atoms with E-state index in [0.717, 1.165) is 39.1 Å². The monoisotopic (exact) mass is 393 g/mol. The number of carbonyl (C=O) groups is 1. The van der Waals surface area contributed by atoms with Gasteiger partial charge in [-0.25, -0.2) is 0 Å². The molecule has 1 saturated carbocycles. The summed E-state index contributed by atoms with van der Waals surface area (Å²) in [6.07, 6.45) is 6.20. The number of carbonyl (C=O) groups excluding carboxylic acids is 1. The molecule has 1 aromatic rings. The highest BCUT2D eigenvalue weighted by atomic mass is 35.5. The average Bonchev–Trinajstić information content (AvgIpc) is 3.25. The summed E-state index contributed by atoms with van der Waals surface area (Å²) in [4.78, 5) is 15.0. The predicted molar refractivity (Wildman–Crippen MR) is 102 cm³/mol. The third kappa shape index (κ3) is 4.68. The quantitative estimate of drug-likeness (QED) is 0.802. The maximum atomic E-state index is 12.5. The van der Waals surface area contributed by atoms with Crippen LogP contribution >= 0.6 is 24.8 Å². The average molecular weight is 394 g/mol. The van der Waals surface area contributed by atoms with Crippen LogP contribution < -0.4 is 11.1 Å². The van der Waals surface area contributed by atoms with Crippen LogP contribution in [0.5, 0.6) is 0 Å². The summed E-state index contributed by atoms with van der Waals surface area (Å²) in [6.45, 7) is 5.89. The van der Waals surface area contributed by atoms with Crippen molar-refractivity contribution in [3.05, 3.63) is 23.7 Å². The summed E-state index contributed by atoms with van der Waals surface area (Å²) in [5.74, 6) is 0.548. The molecule has 1 amide bonds. The SMILES string of the molecule is CC(NC(=O)c1coc(CN)c1)C1(N2CCOCC2)CCCC1.Cl.Cl. The molecule has 0 spiro atoms. The Labute approximate surface area is 161 Å². The van der Waals surface area contributed by atoms with Crippen LogP contribution in [0.15, 0.2) is 16.7 Å². The molecule has 3 N–H and O–H groups in total. The largest absolute Gasteiger partial charge is 0.467 e. The first-order chi connectivity index (χ1) is 11.2. The maximum Gasteiger partial charge on any atom is 0.254 e. The van der Waals surface area contributed by atoms with Crippen LogP contribution in [0.25, 0.3) is 0 Å². The van der Waals surface area contributed by atoms with Crippen LogP contribution in [0.3, 0.4) is 0 Å². The Morgan fingerprint density at radius 1 is 1.32 bits per heavy atom. The number of morpholine rings is 1. The highest BCUT2D eigenvalue weighted by Crippen LogP contribution is 2.38. The highest BCUT2D eigenvalue weighted by Gasteiger charge is 2.45. The first kappa shape index (κ1) is 22.3.